The minimum atomic E-state index is 0.610. The predicted octanol–water partition coefficient (Wildman–Crippen LogP) is 13.8. The first-order valence-corrected chi connectivity index (χ1v) is 19.6. The molecule has 0 bridgehead atoms. The molecule has 5 nitrogen and oxygen atoms in total. The smallest absolute Gasteiger partial charge is 0.236 e. The molecule has 56 heavy (non-hydrogen) atoms. The van der Waals surface area contributed by atoms with Crippen molar-refractivity contribution in [3.05, 3.63) is 170 Å². The summed E-state index contributed by atoms with van der Waals surface area (Å²) < 4.78 is 13.8. The Kier molecular flexibility index (Phi) is 5.98. The molecule has 5 heterocycles. The van der Waals surface area contributed by atoms with Gasteiger partial charge >= 0.3 is 0 Å². The molecule has 0 unspecified atom stereocenters. The van der Waals surface area contributed by atoms with E-state index in [0.717, 1.165) is 66.3 Å². The van der Waals surface area contributed by atoms with Crippen molar-refractivity contribution in [3.8, 4) is 22.9 Å². The minimum Gasteiger partial charge on any atom is -0.452 e. The van der Waals surface area contributed by atoms with E-state index in [4.69, 9.17) is 14.4 Å². The number of furan rings is 1. The summed E-state index contributed by atoms with van der Waals surface area (Å²) in [6.07, 6.45) is 0. The lowest BCUT2D eigenvalue weighted by molar-refractivity contribution is 0.666. The zero-order valence-corrected chi connectivity index (χ0v) is 30.6. The van der Waals surface area contributed by atoms with E-state index in [1.54, 1.807) is 0 Å². The molecule has 0 fully saturated rings. The normalized spacial score (nSPS) is 12.3. The lowest BCUT2D eigenvalue weighted by atomic mass is 10.0. The Morgan fingerprint density at radius 3 is 1.96 bits per heavy atom. The highest BCUT2D eigenvalue weighted by molar-refractivity contribution is 7.26. The summed E-state index contributed by atoms with van der Waals surface area (Å²) in [6.45, 7) is 0. The molecule has 13 aromatic rings. The zero-order valence-electron chi connectivity index (χ0n) is 29.8. The number of aromatic nitrogens is 4. The first kappa shape index (κ1) is 30.1. The number of benzene rings is 8. The van der Waals surface area contributed by atoms with Crippen molar-refractivity contribution in [2.75, 3.05) is 0 Å². The first-order valence-electron chi connectivity index (χ1n) is 18.8. The Bertz CT molecular complexity index is 3770. The van der Waals surface area contributed by atoms with Crippen LogP contribution in [0.15, 0.2) is 174 Å². The first-order chi connectivity index (χ1) is 27.8. The molecule has 8 aromatic carbocycles. The Hall–Kier alpha value is -7.28. The largest absolute Gasteiger partial charge is 0.452 e. The molecule has 0 aliphatic rings. The van der Waals surface area contributed by atoms with Gasteiger partial charge in [-0.3, -0.25) is 4.57 Å². The second-order valence-electron chi connectivity index (χ2n) is 14.5. The van der Waals surface area contributed by atoms with Crippen molar-refractivity contribution in [2.45, 2.75) is 0 Å². The van der Waals surface area contributed by atoms with Gasteiger partial charge in [0.25, 0.3) is 0 Å². The minimum absolute atomic E-state index is 0.610. The summed E-state index contributed by atoms with van der Waals surface area (Å²) in [5.74, 6) is 0.610. The molecule has 0 saturated carbocycles. The Morgan fingerprint density at radius 1 is 0.446 bits per heavy atom. The van der Waals surface area contributed by atoms with Gasteiger partial charge in [-0.15, -0.1) is 11.3 Å². The van der Waals surface area contributed by atoms with Gasteiger partial charge in [-0.1, -0.05) is 97.1 Å². The molecule has 0 spiro atoms. The topological polar surface area (TPSA) is 48.8 Å². The fourth-order valence-corrected chi connectivity index (χ4v) is 10.2. The molecule has 0 aliphatic carbocycles. The molecule has 0 N–H and O–H groups in total. The molecular weight excluding hydrogens is 705 g/mol. The number of hydrogen-bond donors (Lipinski definition) is 0. The summed E-state index contributed by atoms with van der Waals surface area (Å²) in [5.41, 5.74) is 9.55. The van der Waals surface area contributed by atoms with Crippen LogP contribution in [0.3, 0.4) is 0 Å². The molecule has 0 atom stereocenters. The lowest BCUT2D eigenvalue weighted by Gasteiger charge is -2.11. The number of thiophene rings is 1. The number of hydrogen-bond acceptors (Lipinski definition) is 4. The molecule has 0 aliphatic heterocycles. The maximum absolute atomic E-state index is 6.66. The van der Waals surface area contributed by atoms with Crippen molar-refractivity contribution >= 4 is 108 Å². The summed E-state index contributed by atoms with van der Waals surface area (Å²) in [7, 11) is 0. The van der Waals surface area contributed by atoms with E-state index in [9.17, 15) is 0 Å². The Balaban J connectivity index is 1.13. The highest BCUT2D eigenvalue weighted by atomic mass is 32.1. The van der Waals surface area contributed by atoms with Gasteiger partial charge in [-0.2, -0.15) is 0 Å². The SMILES string of the molecule is c1ccc(-n2c3ccccc3c3cc(-c4nc(-n5c6ccccc6c6cc7ccc8sc9ccccc9c8c7cc65)nc5c4oc4ccccc45)ccc32)cc1. The second kappa shape index (κ2) is 11.1. The van der Waals surface area contributed by atoms with Gasteiger partial charge in [0.2, 0.25) is 5.95 Å². The van der Waals surface area contributed by atoms with Crippen molar-refractivity contribution in [1.29, 1.82) is 0 Å². The van der Waals surface area contributed by atoms with Crippen molar-refractivity contribution < 1.29 is 4.42 Å². The summed E-state index contributed by atoms with van der Waals surface area (Å²) in [4.78, 5) is 10.9. The summed E-state index contributed by atoms with van der Waals surface area (Å²) in [5, 5.41) is 10.7. The number of rotatable bonds is 3. The van der Waals surface area contributed by atoms with E-state index in [-0.39, 0.29) is 0 Å². The fourth-order valence-electron chi connectivity index (χ4n) is 9.08. The molecule has 0 saturated heterocycles. The number of nitrogens with zero attached hydrogens (tertiary/aromatic N) is 4. The summed E-state index contributed by atoms with van der Waals surface area (Å²) >= 11 is 1.85. The van der Waals surface area contributed by atoms with Crippen LogP contribution >= 0.6 is 11.3 Å². The van der Waals surface area contributed by atoms with Crippen LogP contribution in [-0.4, -0.2) is 19.1 Å². The van der Waals surface area contributed by atoms with Gasteiger partial charge in [0.1, 0.15) is 16.8 Å². The van der Waals surface area contributed by atoms with E-state index in [1.807, 2.05) is 29.5 Å². The van der Waals surface area contributed by atoms with Crippen LogP contribution in [0, 0.1) is 0 Å². The Morgan fingerprint density at radius 2 is 1.12 bits per heavy atom. The van der Waals surface area contributed by atoms with Gasteiger partial charge < -0.3 is 8.98 Å². The van der Waals surface area contributed by atoms with Gasteiger partial charge in [0.15, 0.2) is 5.58 Å². The van der Waals surface area contributed by atoms with E-state index in [0.29, 0.717) is 11.5 Å². The van der Waals surface area contributed by atoms with Crippen LogP contribution in [0.5, 0.6) is 0 Å². The van der Waals surface area contributed by atoms with E-state index in [2.05, 4.69) is 161 Å². The third-order valence-corrected chi connectivity index (χ3v) is 12.7. The van der Waals surface area contributed by atoms with Gasteiger partial charge in [0, 0.05) is 58.4 Å². The highest BCUT2D eigenvalue weighted by Gasteiger charge is 2.23. The average Bonchev–Trinajstić information content (AvgIpc) is 4.00. The second-order valence-corrected chi connectivity index (χ2v) is 15.6. The van der Waals surface area contributed by atoms with Crippen LogP contribution in [0.4, 0.5) is 0 Å². The molecule has 13 rings (SSSR count). The molecule has 5 aromatic heterocycles. The molecular formula is C50H28N4OS. The monoisotopic (exact) mass is 732 g/mol. The highest BCUT2D eigenvalue weighted by Crippen LogP contribution is 2.43. The van der Waals surface area contributed by atoms with Crippen molar-refractivity contribution in [3.63, 3.8) is 0 Å². The average molecular weight is 733 g/mol. The molecule has 0 amide bonds. The fraction of sp³-hybridized carbons (Fsp3) is 0. The van der Waals surface area contributed by atoms with Crippen molar-refractivity contribution in [2.24, 2.45) is 0 Å². The Labute approximate surface area is 322 Å². The predicted molar refractivity (Wildman–Crippen MR) is 234 cm³/mol. The van der Waals surface area contributed by atoms with Crippen LogP contribution in [-0.2, 0) is 0 Å². The van der Waals surface area contributed by atoms with Crippen LogP contribution in [0.25, 0.3) is 120 Å². The molecule has 0 radical (unpaired) electrons. The van der Waals surface area contributed by atoms with E-state index < -0.39 is 0 Å². The number of para-hydroxylation sites is 4. The molecule has 260 valence electrons. The summed E-state index contributed by atoms with van der Waals surface area (Å²) in [6, 6.07) is 60.6. The van der Waals surface area contributed by atoms with Crippen molar-refractivity contribution in [1.82, 2.24) is 19.1 Å². The maximum atomic E-state index is 6.66. The van der Waals surface area contributed by atoms with Crippen LogP contribution < -0.4 is 0 Å². The maximum Gasteiger partial charge on any atom is 0.236 e. The van der Waals surface area contributed by atoms with Gasteiger partial charge in [0.05, 0.1) is 22.1 Å². The standard InChI is InChI=1S/C50H28N4OS/c1-2-12-31(13-3-1)53-39-18-8-4-14-32(39)37-27-30(22-24-41(37)53)47-49-48(34-16-6-10-20-43(34)55-49)52-50(51-47)54-40-19-9-5-15-33(40)38-26-29-23-25-45-46(36(29)28-42(38)54)35-17-7-11-21-44(35)56-45/h1-28H. The van der Waals surface area contributed by atoms with E-state index in [1.165, 1.54) is 41.7 Å². The van der Waals surface area contributed by atoms with Crippen LogP contribution in [0.1, 0.15) is 0 Å². The quantitative estimate of drug-likeness (QED) is 0.182. The number of fused-ring (bicyclic) bond motifs is 14. The van der Waals surface area contributed by atoms with Gasteiger partial charge in [-0.25, -0.2) is 9.97 Å². The zero-order chi connectivity index (χ0) is 36.5. The van der Waals surface area contributed by atoms with E-state index >= 15 is 0 Å². The lowest BCUT2D eigenvalue weighted by Crippen LogP contribution is -2.03. The van der Waals surface area contributed by atoms with Gasteiger partial charge in [-0.05, 0) is 83.6 Å². The van der Waals surface area contributed by atoms with Crippen LogP contribution in [0.2, 0.25) is 0 Å². The third-order valence-electron chi connectivity index (χ3n) is 11.5. The third kappa shape index (κ3) is 4.08. The molecule has 6 heteroatoms.